The molecular weight excluding hydrogens is 256 g/mol. The second-order valence-corrected chi connectivity index (χ2v) is 6.07. The standard InChI is InChI=1S/C16H20O4/c1-9-7-12(17)11-8-10-13(19-3)5-4-6-14(10)20-16(11,2)15(9)18/h4-6,9,11,15,18H,7-8H2,1-3H3/t9-,11-,15+,16+/m1/s1. The molecule has 1 fully saturated rings. The number of ether oxygens (including phenoxy) is 2. The number of carbonyl (C=O) groups is 1. The van der Waals surface area contributed by atoms with Gasteiger partial charge in [-0.2, -0.15) is 0 Å². The van der Waals surface area contributed by atoms with Gasteiger partial charge in [0, 0.05) is 12.0 Å². The minimum Gasteiger partial charge on any atom is -0.496 e. The van der Waals surface area contributed by atoms with Crippen molar-refractivity contribution in [1.82, 2.24) is 0 Å². The summed E-state index contributed by atoms with van der Waals surface area (Å²) in [7, 11) is 1.61. The number of benzene rings is 1. The van der Waals surface area contributed by atoms with Crippen LogP contribution in [0, 0.1) is 11.8 Å². The van der Waals surface area contributed by atoms with Gasteiger partial charge in [0.2, 0.25) is 0 Å². The third kappa shape index (κ3) is 1.74. The Morgan fingerprint density at radius 3 is 2.85 bits per heavy atom. The average molecular weight is 276 g/mol. The summed E-state index contributed by atoms with van der Waals surface area (Å²) in [5, 5.41) is 10.5. The van der Waals surface area contributed by atoms with Gasteiger partial charge < -0.3 is 14.6 Å². The van der Waals surface area contributed by atoms with Gasteiger partial charge in [-0.25, -0.2) is 0 Å². The second-order valence-electron chi connectivity index (χ2n) is 6.07. The zero-order chi connectivity index (χ0) is 14.5. The summed E-state index contributed by atoms with van der Waals surface area (Å²) in [6.45, 7) is 3.74. The Bertz CT molecular complexity index is 553. The van der Waals surface area contributed by atoms with Crippen LogP contribution < -0.4 is 9.47 Å². The van der Waals surface area contributed by atoms with E-state index in [4.69, 9.17) is 9.47 Å². The molecule has 0 spiro atoms. The number of carbonyl (C=O) groups excluding carboxylic acids is 1. The highest BCUT2D eigenvalue weighted by molar-refractivity contribution is 5.84. The molecule has 4 nitrogen and oxygen atoms in total. The normalized spacial score (nSPS) is 35.8. The van der Waals surface area contributed by atoms with Gasteiger partial charge in [0.1, 0.15) is 22.9 Å². The van der Waals surface area contributed by atoms with Gasteiger partial charge in [0.05, 0.1) is 19.1 Å². The Hall–Kier alpha value is -1.55. The molecule has 1 saturated carbocycles. The first-order valence-corrected chi connectivity index (χ1v) is 7.03. The van der Waals surface area contributed by atoms with E-state index in [0.717, 1.165) is 11.3 Å². The van der Waals surface area contributed by atoms with E-state index in [0.29, 0.717) is 18.6 Å². The molecule has 108 valence electrons. The van der Waals surface area contributed by atoms with Crippen LogP contribution in [0.25, 0.3) is 0 Å². The lowest BCUT2D eigenvalue weighted by atomic mass is 9.66. The van der Waals surface area contributed by atoms with Gasteiger partial charge in [-0.05, 0) is 31.4 Å². The predicted molar refractivity (Wildman–Crippen MR) is 74.0 cm³/mol. The summed E-state index contributed by atoms with van der Waals surface area (Å²) in [6.07, 6.45) is 0.345. The Kier molecular flexibility index (Phi) is 3.01. The number of fused-ring (bicyclic) bond motifs is 2. The largest absolute Gasteiger partial charge is 0.496 e. The van der Waals surface area contributed by atoms with Gasteiger partial charge in [-0.15, -0.1) is 0 Å². The summed E-state index contributed by atoms with van der Waals surface area (Å²) >= 11 is 0. The molecule has 20 heavy (non-hydrogen) atoms. The molecule has 1 aromatic carbocycles. The molecule has 0 amide bonds. The number of Topliss-reactive ketones (excluding diaryl/α,β-unsaturated/α-hetero) is 1. The van der Waals surface area contributed by atoms with Crippen LogP contribution in [0.15, 0.2) is 18.2 Å². The minimum atomic E-state index is -0.839. The molecule has 0 bridgehead atoms. The molecule has 4 atom stereocenters. The molecule has 1 N–H and O–H groups in total. The maximum atomic E-state index is 12.4. The van der Waals surface area contributed by atoms with Crippen LogP contribution in [-0.2, 0) is 11.2 Å². The van der Waals surface area contributed by atoms with Crippen molar-refractivity contribution in [2.75, 3.05) is 7.11 Å². The summed E-state index contributed by atoms with van der Waals surface area (Å²) in [5.41, 5.74) is 0.0845. The molecular formula is C16H20O4. The smallest absolute Gasteiger partial charge is 0.142 e. The van der Waals surface area contributed by atoms with E-state index in [1.807, 2.05) is 32.0 Å². The molecule has 1 aliphatic carbocycles. The number of rotatable bonds is 1. The van der Waals surface area contributed by atoms with Gasteiger partial charge in [0.15, 0.2) is 0 Å². The van der Waals surface area contributed by atoms with Crippen molar-refractivity contribution in [1.29, 1.82) is 0 Å². The second kappa shape index (κ2) is 4.48. The summed E-state index contributed by atoms with van der Waals surface area (Å²) in [5.74, 6) is 1.24. The molecule has 1 aromatic rings. The summed E-state index contributed by atoms with van der Waals surface area (Å²) < 4.78 is 11.4. The zero-order valence-corrected chi connectivity index (χ0v) is 12.1. The van der Waals surface area contributed by atoms with Crippen LogP contribution in [0.1, 0.15) is 25.8 Å². The molecule has 4 heteroatoms. The molecule has 1 heterocycles. The number of methoxy groups -OCH3 is 1. The molecule has 1 aliphatic heterocycles. The maximum absolute atomic E-state index is 12.4. The fourth-order valence-corrected chi connectivity index (χ4v) is 3.58. The van der Waals surface area contributed by atoms with Crippen LogP contribution in [0.5, 0.6) is 11.5 Å². The van der Waals surface area contributed by atoms with E-state index in [9.17, 15) is 9.90 Å². The van der Waals surface area contributed by atoms with Gasteiger partial charge in [0.25, 0.3) is 0 Å². The quantitative estimate of drug-likeness (QED) is 0.852. The highest BCUT2D eigenvalue weighted by atomic mass is 16.5. The Morgan fingerprint density at radius 1 is 1.40 bits per heavy atom. The molecule has 3 rings (SSSR count). The summed E-state index contributed by atoms with van der Waals surface area (Å²) in [6, 6.07) is 5.61. The van der Waals surface area contributed by atoms with Crippen molar-refractivity contribution in [2.45, 2.75) is 38.4 Å². The SMILES string of the molecule is COc1cccc2c1C[C@@H]1C(=O)C[C@@H](C)[C@H](O)[C@@]1(C)O2. The maximum Gasteiger partial charge on any atom is 0.142 e. The molecule has 0 aromatic heterocycles. The van der Waals surface area contributed by atoms with Crippen molar-refractivity contribution in [3.8, 4) is 11.5 Å². The van der Waals surface area contributed by atoms with Crippen molar-refractivity contribution in [3.05, 3.63) is 23.8 Å². The van der Waals surface area contributed by atoms with Crippen molar-refractivity contribution < 1.29 is 19.4 Å². The van der Waals surface area contributed by atoms with Gasteiger partial charge >= 0.3 is 0 Å². The first kappa shape index (κ1) is 13.4. The molecule has 0 saturated heterocycles. The third-order valence-corrected chi connectivity index (χ3v) is 4.78. The molecule has 0 radical (unpaired) electrons. The number of ketones is 1. The number of hydrogen-bond donors (Lipinski definition) is 1. The topological polar surface area (TPSA) is 55.8 Å². The van der Waals surface area contributed by atoms with Crippen molar-refractivity contribution in [2.24, 2.45) is 11.8 Å². The van der Waals surface area contributed by atoms with E-state index in [-0.39, 0.29) is 17.6 Å². The highest BCUT2D eigenvalue weighted by Gasteiger charge is 2.55. The van der Waals surface area contributed by atoms with Crippen LogP contribution in [0.4, 0.5) is 0 Å². The van der Waals surface area contributed by atoms with Crippen molar-refractivity contribution in [3.63, 3.8) is 0 Å². The highest BCUT2D eigenvalue weighted by Crippen LogP contribution is 2.47. The first-order chi connectivity index (χ1) is 9.47. The Labute approximate surface area is 118 Å². The van der Waals surface area contributed by atoms with E-state index in [1.165, 1.54) is 0 Å². The Morgan fingerprint density at radius 2 is 2.15 bits per heavy atom. The van der Waals surface area contributed by atoms with Crippen LogP contribution in [0.3, 0.4) is 0 Å². The van der Waals surface area contributed by atoms with Crippen LogP contribution in [-0.4, -0.2) is 29.7 Å². The van der Waals surface area contributed by atoms with Gasteiger partial charge in [-0.1, -0.05) is 13.0 Å². The first-order valence-electron chi connectivity index (χ1n) is 7.03. The van der Waals surface area contributed by atoms with Gasteiger partial charge in [-0.3, -0.25) is 4.79 Å². The lowest BCUT2D eigenvalue weighted by Crippen LogP contribution is -2.62. The molecule has 0 unspecified atom stereocenters. The van der Waals surface area contributed by atoms with Crippen molar-refractivity contribution >= 4 is 5.78 Å². The lowest BCUT2D eigenvalue weighted by Gasteiger charge is -2.49. The number of aliphatic hydroxyl groups excluding tert-OH is 1. The number of aliphatic hydroxyl groups is 1. The van der Waals surface area contributed by atoms with Crippen LogP contribution in [0.2, 0.25) is 0 Å². The van der Waals surface area contributed by atoms with E-state index >= 15 is 0 Å². The monoisotopic (exact) mass is 276 g/mol. The summed E-state index contributed by atoms with van der Waals surface area (Å²) in [4.78, 5) is 12.4. The van der Waals surface area contributed by atoms with Crippen LogP contribution >= 0.6 is 0 Å². The van der Waals surface area contributed by atoms with E-state index in [1.54, 1.807) is 7.11 Å². The van der Waals surface area contributed by atoms with E-state index < -0.39 is 11.7 Å². The fourth-order valence-electron chi connectivity index (χ4n) is 3.58. The predicted octanol–water partition coefficient (Wildman–Crippen LogP) is 1.97. The number of hydrogen-bond acceptors (Lipinski definition) is 4. The minimum absolute atomic E-state index is 0.0732. The average Bonchev–Trinajstić information content (AvgIpc) is 2.43. The molecule has 2 aliphatic rings. The third-order valence-electron chi connectivity index (χ3n) is 4.78. The van der Waals surface area contributed by atoms with E-state index in [2.05, 4.69) is 0 Å². The lowest BCUT2D eigenvalue weighted by molar-refractivity contribution is -0.161. The zero-order valence-electron chi connectivity index (χ0n) is 12.1. The fraction of sp³-hybridized carbons (Fsp3) is 0.562. The Balaban J connectivity index is 2.08.